The standard InChI is InChI=1S/C28H56O2/c1-3-5-7-19-23-27(24-20-8-6-4-2)25-21-17-15-13-11-9-10-12-14-16-18-22-26-28(29)30/h27H,3-26H2,1-2H3,(H,29,30). The molecule has 0 heterocycles. The summed E-state index contributed by atoms with van der Waals surface area (Å²) in [5, 5.41) is 8.62. The van der Waals surface area contributed by atoms with E-state index in [1.165, 1.54) is 135 Å². The van der Waals surface area contributed by atoms with E-state index in [4.69, 9.17) is 5.11 Å². The van der Waals surface area contributed by atoms with Crippen molar-refractivity contribution in [3.63, 3.8) is 0 Å². The Hall–Kier alpha value is -0.530. The first kappa shape index (κ1) is 29.5. The van der Waals surface area contributed by atoms with Crippen LogP contribution < -0.4 is 0 Å². The number of hydrogen-bond acceptors (Lipinski definition) is 1. The van der Waals surface area contributed by atoms with Gasteiger partial charge in [0.15, 0.2) is 0 Å². The zero-order chi connectivity index (χ0) is 22.1. The molecule has 0 aliphatic rings. The molecule has 0 bridgehead atoms. The molecule has 0 aromatic heterocycles. The van der Waals surface area contributed by atoms with Gasteiger partial charge in [-0.2, -0.15) is 0 Å². The maximum atomic E-state index is 10.5. The normalized spacial score (nSPS) is 11.4. The molecule has 0 aliphatic carbocycles. The van der Waals surface area contributed by atoms with Gasteiger partial charge in [-0.25, -0.2) is 0 Å². The van der Waals surface area contributed by atoms with Gasteiger partial charge < -0.3 is 5.11 Å². The third-order valence-corrected chi connectivity index (χ3v) is 6.68. The van der Waals surface area contributed by atoms with Crippen LogP contribution in [0, 0.1) is 5.92 Å². The molecular weight excluding hydrogens is 368 g/mol. The number of rotatable bonds is 25. The average Bonchev–Trinajstić information content (AvgIpc) is 2.73. The van der Waals surface area contributed by atoms with Crippen LogP contribution in [0.15, 0.2) is 0 Å². The van der Waals surface area contributed by atoms with Crippen LogP contribution in [0.2, 0.25) is 0 Å². The van der Waals surface area contributed by atoms with E-state index >= 15 is 0 Å². The summed E-state index contributed by atoms with van der Waals surface area (Å²) in [7, 11) is 0. The number of carbonyl (C=O) groups is 1. The molecule has 0 amide bonds. The van der Waals surface area contributed by atoms with Crippen molar-refractivity contribution in [1.29, 1.82) is 0 Å². The Labute approximate surface area is 190 Å². The van der Waals surface area contributed by atoms with Gasteiger partial charge in [0.05, 0.1) is 0 Å². The molecule has 30 heavy (non-hydrogen) atoms. The number of unbranched alkanes of at least 4 members (excludes halogenated alkanes) is 17. The summed E-state index contributed by atoms with van der Waals surface area (Å²) >= 11 is 0. The topological polar surface area (TPSA) is 37.3 Å². The fraction of sp³-hybridized carbons (Fsp3) is 0.964. The zero-order valence-corrected chi connectivity index (χ0v) is 20.9. The lowest BCUT2D eigenvalue weighted by Gasteiger charge is -2.17. The van der Waals surface area contributed by atoms with Crippen molar-refractivity contribution >= 4 is 5.97 Å². The zero-order valence-electron chi connectivity index (χ0n) is 20.9. The lowest BCUT2D eigenvalue weighted by atomic mass is 9.89. The first-order valence-electron chi connectivity index (χ1n) is 13.9. The highest BCUT2D eigenvalue weighted by Crippen LogP contribution is 2.24. The second-order valence-corrected chi connectivity index (χ2v) is 9.74. The van der Waals surface area contributed by atoms with Gasteiger partial charge in [0.25, 0.3) is 0 Å². The van der Waals surface area contributed by atoms with Crippen molar-refractivity contribution in [3.05, 3.63) is 0 Å². The lowest BCUT2D eigenvalue weighted by Crippen LogP contribution is -2.01. The first-order valence-corrected chi connectivity index (χ1v) is 13.9. The van der Waals surface area contributed by atoms with E-state index in [2.05, 4.69) is 13.8 Å². The summed E-state index contributed by atoms with van der Waals surface area (Å²) < 4.78 is 0. The van der Waals surface area contributed by atoms with Gasteiger partial charge in [-0.15, -0.1) is 0 Å². The Bertz CT molecular complexity index is 328. The number of hydrogen-bond donors (Lipinski definition) is 1. The minimum Gasteiger partial charge on any atom is -0.481 e. The summed E-state index contributed by atoms with van der Waals surface area (Å²) in [6.07, 6.45) is 31.9. The Morgan fingerprint density at radius 1 is 0.500 bits per heavy atom. The van der Waals surface area contributed by atoms with E-state index < -0.39 is 5.97 Å². The van der Waals surface area contributed by atoms with Crippen molar-refractivity contribution < 1.29 is 9.90 Å². The smallest absolute Gasteiger partial charge is 0.303 e. The molecule has 0 unspecified atom stereocenters. The highest BCUT2D eigenvalue weighted by atomic mass is 16.4. The fourth-order valence-corrected chi connectivity index (χ4v) is 4.63. The third kappa shape index (κ3) is 23.7. The molecular formula is C28H56O2. The molecule has 0 rings (SSSR count). The van der Waals surface area contributed by atoms with Gasteiger partial charge in [0, 0.05) is 6.42 Å². The van der Waals surface area contributed by atoms with Crippen molar-refractivity contribution in [2.75, 3.05) is 0 Å². The molecule has 0 radical (unpaired) electrons. The monoisotopic (exact) mass is 424 g/mol. The highest BCUT2D eigenvalue weighted by Gasteiger charge is 2.08. The number of carboxylic acid groups (broad SMARTS) is 1. The molecule has 1 N–H and O–H groups in total. The quantitative estimate of drug-likeness (QED) is 0.148. The van der Waals surface area contributed by atoms with Crippen molar-refractivity contribution in [3.8, 4) is 0 Å². The fourth-order valence-electron chi connectivity index (χ4n) is 4.63. The van der Waals surface area contributed by atoms with E-state index in [1.807, 2.05) is 0 Å². The maximum absolute atomic E-state index is 10.5. The molecule has 0 saturated heterocycles. The van der Waals surface area contributed by atoms with Gasteiger partial charge in [0.1, 0.15) is 0 Å². The Balaban J connectivity index is 3.50. The Morgan fingerprint density at radius 3 is 1.13 bits per heavy atom. The largest absolute Gasteiger partial charge is 0.481 e. The first-order chi connectivity index (χ1) is 14.7. The van der Waals surface area contributed by atoms with Crippen molar-refractivity contribution in [2.45, 2.75) is 168 Å². The summed E-state index contributed by atoms with van der Waals surface area (Å²) in [6, 6.07) is 0. The van der Waals surface area contributed by atoms with E-state index in [0.29, 0.717) is 6.42 Å². The van der Waals surface area contributed by atoms with Gasteiger partial charge in [-0.3, -0.25) is 4.79 Å². The third-order valence-electron chi connectivity index (χ3n) is 6.68. The molecule has 0 atom stereocenters. The molecule has 0 saturated carbocycles. The van der Waals surface area contributed by atoms with Crippen LogP contribution in [0.25, 0.3) is 0 Å². The molecule has 0 aliphatic heterocycles. The summed E-state index contributed by atoms with van der Waals surface area (Å²) in [5.41, 5.74) is 0. The Morgan fingerprint density at radius 2 is 0.800 bits per heavy atom. The van der Waals surface area contributed by atoms with Crippen LogP contribution in [0.4, 0.5) is 0 Å². The van der Waals surface area contributed by atoms with Crippen LogP contribution in [-0.4, -0.2) is 11.1 Å². The van der Waals surface area contributed by atoms with E-state index in [-0.39, 0.29) is 0 Å². The number of carboxylic acids is 1. The van der Waals surface area contributed by atoms with Crippen LogP contribution in [0.5, 0.6) is 0 Å². The van der Waals surface area contributed by atoms with Gasteiger partial charge in [0.2, 0.25) is 0 Å². The maximum Gasteiger partial charge on any atom is 0.303 e. The molecule has 0 fully saturated rings. The predicted octanol–water partition coefficient (Wildman–Crippen LogP) is 10.1. The predicted molar refractivity (Wildman–Crippen MR) is 133 cm³/mol. The lowest BCUT2D eigenvalue weighted by molar-refractivity contribution is -0.137. The van der Waals surface area contributed by atoms with Crippen LogP contribution in [0.1, 0.15) is 168 Å². The molecule has 180 valence electrons. The van der Waals surface area contributed by atoms with E-state index in [0.717, 1.165) is 18.8 Å². The molecule has 0 aromatic carbocycles. The van der Waals surface area contributed by atoms with Gasteiger partial charge in [-0.05, 0) is 12.3 Å². The highest BCUT2D eigenvalue weighted by molar-refractivity contribution is 5.66. The SMILES string of the molecule is CCCCCCC(CCCCCC)CCCCCCCCCCCCCCC(=O)O. The summed E-state index contributed by atoms with van der Waals surface area (Å²) in [4.78, 5) is 10.5. The molecule has 0 aromatic rings. The molecule has 0 spiro atoms. The van der Waals surface area contributed by atoms with Crippen molar-refractivity contribution in [2.24, 2.45) is 5.92 Å². The second-order valence-electron chi connectivity index (χ2n) is 9.74. The average molecular weight is 425 g/mol. The molecule has 2 heteroatoms. The van der Waals surface area contributed by atoms with Crippen LogP contribution in [-0.2, 0) is 4.79 Å². The summed E-state index contributed by atoms with van der Waals surface area (Å²) in [6.45, 7) is 4.63. The van der Waals surface area contributed by atoms with Gasteiger partial charge in [-0.1, -0.05) is 155 Å². The number of aliphatic carboxylic acids is 1. The Kier molecular flexibility index (Phi) is 24.3. The molecule has 2 nitrogen and oxygen atoms in total. The second kappa shape index (κ2) is 24.7. The minimum absolute atomic E-state index is 0.346. The van der Waals surface area contributed by atoms with Crippen LogP contribution in [0.3, 0.4) is 0 Å². The van der Waals surface area contributed by atoms with Gasteiger partial charge >= 0.3 is 5.97 Å². The summed E-state index contributed by atoms with van der Waals surface area (Å²) in [5.74, 6) is 0.360. The van der Waals surface area contributed by atoms with Crippen molar-refractivity contribution in [1.82, 2.24) is 0 Å². The van der Waals surface area contributed by atoms with E-state index in [1.54, 1.807) is 0 Å². The van der Waals surface area contributed by atoms with E-state index in [9.17, 15) is 4.79 Å². The van der Waals surface area contributed by atoms with Crippen LogP contribution >= 0.6 is 0 Å². The minimum atomic E-state index is -0.649.